The number of unbranched alkanes of at least 4 members (excludes halogenated alkanes) is 4. The molecular formula is C44H54O3Si2. The first kappa shape index (κ1) is 35.2. The van der Waals surface area contributed by atoms with E-state index in [4.69, 9.17) is 13.0 Å². The van der Waals surface area contributed by atoms with E-state index in [-0.39, 0.29) is 0 Å². The molecule has 0 amide bonds. The van der Waals surface area contributed by atoms with Gasteiger partial charge in [0.25, 0.3) is 0 Å². The van der Waals surface area contributed by atoms with E-state index in [0.717, 1.165) is 87.0 Å². The number of fused-ring (bicyclic) bond motifs is 4. The first-order chi connectivity index (χ1) is 24.0. The van der Waals surface area contributed by atoms with Crippen molar-refractivity contribution in [1.82, 2.24) is 0 Å². The quantitative estimate of drug-likeness (QED) is 0.0665. The fraction of sp³-hybridized carbons (Fsp3) is 0.364. The maximum atomic E-state index is 7.95. The summed E-state index contributed by atoms with van der Waals surface area (Å²) in [5, 5.41) is 9.76. The van der Waals surface area contributed by atoms with Crippen LogP contribution in [0.25, 0.3) is 43.1 Å². The Labute approximate surface area is 296 Å². The van der Waals surface area contributed by atoms with Crippen molar-refractivity contribution in [3.05, 3.63) is 109 Å². The highest BCUT2D eigenvalue weighted by atomic mass is 28.5. The van der Waals surface area contributed by atoms with Gasteiger partial charge < -0.3 is 13.0 Å². The van der Waals surface area contributed by atoms with Gasteiger partial charge >= 0.3 is 17.1 Å². The molecule has 0 aliphatic heterocycles. The number of hydrogen-bond acceptors (Lipinski definition) is 3. The molecule has 0 N–H and O–H groups in total. The predicted octanol–water partition coefficient (Wildman–Crippen LogP) is 13.9. The third kappa shape index (κ3) is 8.22. The molecular weight excluding hydrogens is 633 g/mol. The molecule has 0 atom stereocenters. The molecule has 0 spiro atoms. The number of hydrogen-bond donors (Lipinski definition) is 0. The third-order valence-corrected chi connectivity index (χ3v) is 18.6. The molecule has 0 aliphatic carbocycles. The Morgan fingerprint density at radius 2 is 0.714 bits per heavy atom. The van der Waals surface area contributed by atoms with E-state index in [1.54, 1.807) is 0 Å². The zero-order chi connectivity index (χ0) is 34.1. The average Bonchev–Trinajstić information content (AvgIpc) is 3.13. The Bertz CT molecular complexity index is 1830. The van der Waals surface area contributed by atoms with Crippen LogP contribution in [0.2, 0.25) is 24.2 Å². The maximum Gasteiger partial charge on any atom is 0.390 e. The molecule has 0 heterocycles. The average molecular weight is 687 g/mol. The molecule has 0 saturated heterocycles. The van der Waals surface area contributed by atoms with Crippen LogP contribution >= 0.6 is 0 Å². The van der Waals surface area contributed by atoms with Gasteiger partial charge in [0.15, 0.2) is 0 Å². The normalized spacial score (nSPS) is 12.3. The van der Waals surface area contributed by atoms with Crippen molar-refractivity contribution in [2.45, 2.75) is 103 Å². The standard InChI is InChI=1S/C44H54O3Si2/c1-5-9-27-48(28-10-6-2,45-43-25-17-23-39-31-35-19-13-15-21-37(35)33-41(39)43)47-49(29-11-7-3,30-12-8-4)46-44-26-18-24-40-32-36-20-14-16-22-38(36)34-42(40)44/h13-26,31-34H,5-12,27-30H2,1-4H3. The highest BCUT2D eigenvalue weighted by molar-refractivity contribution is 6.82. The molecule has 49 heavy (non-hydrogen) atoms. The molecule has 0 unspecified atom stereocenters. The van der Waals surface area contributed by atoms with Crippen LogP contribution in [0.4, 0.5) is 0 Å². The number of benzene rings is 6. The topological polar surface area (TPSA) is 27.7 Å². The summed E-state index contributed by atoms with van der Waals surface area (Å²) in [5.41, 5.74) is 0. The van der Waals surface area contributed by atoms with Crippen molar-refractivity contribution in [3.63, 3.8) is 0 Å². The minimum absolute atomic E-state index is 0.965. The molecule has 0 bridgehead atoms. The van der Waals surface area contributed by atoms with E-state index in [0.29, 0.717) is 0 Å². The second-order valence-electron chi connectivity index (χ2n) is 13.9. The molecule has 0 aromatic heterocycles. The van der Waals surface area contributed by atoms with Crippen molar-refractivity contribution >= 4 is 60.2 Å². The van der Waals surface area contributed by atoms with Gasteiger partial charge in [-0.3, -0.25) is 0 Å². The highest BCUT2D eigenvalue weighted by Gasteiger charge is 2.51. The lowest BCUT2D eigenvalue weighted by atomic mass is 10.0. The molecule has 6 aromatic rings. The van der Waals surface area contributed by atoms with E-state index in [2.05, 4.69) is 137 Å². The Balaban J connectivity index is 1.48. The van der Waals surface area contributed by atoms with Crippen LogP contribution in [0.15, 0.2) is 109 Å². The molecule has 0 aliphatic rings. The molecule has 0 fully saturated rings. The van der Waals surface area contributed by atoms with Crippen LogP contribution in [0.5, 0.6) is 11.5 Å². The fourth-order valence-electron chi connectivity index (χ4n) is 7.28. The van der Waals surface area contributed by atoms with Gasteiger partial charge in [-0.1, -0.05) is 152 Å². The van der Waals surface area contributed by atoms with Crippen LogP contribution in [0, 0.1) is 0 Å². The fourth-order valence-corrected chi connectivity index (χ4v) is 17.6. The largest absolute Gasteiger partial charge is 0.520 e. The van der Waals surface area contributed by atoms with Crippen molar-refractivity contribution in [1.29, 1.82) is 0 Å². The van der Waals surface area contributed by atoms with Crippen molar-refractivity contribution in [3.8, 4) is 11.5 Å². The zero-order valence-corrected chi connectivity index (χ0v) is 32.1. The summed E-state index contributed by atoms with van der Waals surface area (Å²) in [6, 6.07) is 43.5. The van der Waals surface area contributed by atoms with E-state index < -0.39 is 17.1 Å². The second kappa shape index (κ2) is 16.4. The lowest BCUT2D eigenvalue weighted by molar-refractivity contribution is 0.302. The lowest BCUT2D eigenvalue weighted by Gasteiger charge is -2.41. The monoisotopic (exact) mass is 686 g/mol. The Hall–Kier alpha value is -3.65. The summed E-state index contributed by atoms with van der Waals surface area (Å²) in [6.07, 6.45) is 8.83. The molecule has 0 saturated carbocycles. The lowest BCUT2D eigenvalue weighted by Crippen LogP contribution is -2.58. The maximum absolute atomic E-state index is 7.95. The Morgan fingerprint density at radius 1 is 0.388 bits per heavy atom. The summed E-state index contributed by atoms with van der Waals surface area (Å²) in [4.78, 5) is 0. The van der Waals surface area contributed by atoms with E-state index in [1.165, 1.54) is 43.1 Å². The first-order valence-electron chi connectivity index (χ1n) is 18.9. The number of rotatable bonds is 18. The van der Waals surface area contributed by atoms with E-state index >= 15 is 0 Å². The van der Waals surface area contributed by atoms with E-state index in [1.807, 2.05) is 0 Å². The summed E-state index contributed by atoms with van der Waals surface area (Å²) < 4.78 is 23.0. The molecule has 0 radical (unpaired) electrons. The highest BCUT2D eigenvalue weighted by Crippen LogP contribution is 2.40. The van der Waals surface area contributed by atoms with E-state index in [9.17, 15) is 0 Å². The van der Waals surface area contributed by atoms with Crippen LogP contribution in [0.1, 0.15) is 79.1 Å². The summed E-state index contributed by atoms with van der Waals surface area (Å²) in [6.45, 7) is 9.16. The molecule has 5 heteroatoms. The minimum Gasteiger partial charge on any atom is -0.520 e. The first-order valence-corrected chi connectivity index (χ1v) is 23.4. The molecule has 3 nitrogen and oxygen atoms in total. The Kier molecular flexibility index (Phi) is 11.8. The van der Waals surface area contributed by atoms with Crippen molar-refractivity contribution < 1.29 is 13.0 Å². The van der Waals surface area contributed by atoms with Gasteiger partial charge in [0, 0.05) is 34.9 Å². The third-order valence-electron chi connectivity index (χ3n) is 10.0. The Morgan fingerprint density at radius 3 is 1.06 bits per heavy atom. The zero-order valence-electron chi connectivity index (χ0n) is 30.1. The predicted molar refractivity (Wildman–Crippen MR) is 216 cm³/mol. The van der Waals surface area contributed by atoms with Crippen LogP contribution in [-0.2, 0) is 4.12 Å². The van der Waals surface area contributed by atoms with Gasteiger partial charge in [0.05, 0.1) is 0 Å². The smallest absolute Gasteiger partial charge is 0.390 e. The van der Waals surface area contributed by atoms with Gasteiger partial charge in [-0.2, -0.15) is 0 Å². The minimum atomic E-state index is -2.83. The SMILES string of the molecule is CCCC[Si](CCCC)(Oc1cccc2cc3ccccc3cc12)O[Si](CCCC)(CCCC)Oc1cccc2cc3ccccc3cc12. The van der Waals surface area contributed by atoms with Gasteiger partial charge in [0.1, 0.15) is 11.5 Å². The van der Waals surface area contributed by atoms with Crippen LogP contribution < -0.4 is 8.85 Å². The van der Waals surface area contributed by atoms with Crippen LogP contribution in [-0.4, -0.2) is 17.1 Å². The van der Waals surface area contributed by atoms with Crippen molar-refractivity contribution in [2.75, 3.05) is 0 Å². The molecule has 6 rings (SSSR count). The molecule has 256 valence electrons. The van der Waals surface area contributed by atoms with Crippen LogP contribution in [0.3, 0.4) is 0 Å². The van der Waals surface area contributed by atoms with Gasteiger partial charge in [-0.05, 0) is 68.7 Å². The summed E-state index contributed by atoms with van der Waals surface area (Å²) in [7, 11) is -5.65. The van der Waals surface area contributed by atoms with Gasteiger partial charge in [-0.25, -0.2) is 0 Å². The van der Waals surface area contributed by atoms with Gasteiger partial charge in [0.2, 0.25) is 0 Å². The summed E-state index contributed by atoms with van der Waals surface area (Å²) >= 11 is 0. The molecule has 6 aromatic carbocycles. The second-order valence-corrected chi connectivity index (χ2v) is 20.8. The van der Waals surface area contributed by atoms with Crippen molar-refractivity contribution in [2.24, 2.45) is 0 Å². The van der Waals surface area contributed by atoms with Gasteiger partial charge in [-0.15, -0.1) is 0 Å². The summed E-state index contributed by atoms with van der Waals surface area (Å²) in [5.74, 6) is 1.93.